The number of phenolic OH excluding ortho intramolecular Hbond substituents is 1. The number of benzene rings is 3. The van der Waals surface area contributed by atoms with E-state index in [9.17, 15) is 9.90 Å². The summed E-state index contributed by atoms with van der Waals surface area (Å²) in [6, 6.07) is 23.1. The molecule has 2 amide bonds. The highest BCUT2D eigenvalue weighted by atomic mass is 16.5. The Labute approximate surface area is 213 Å². The number of amides is 2. The third-order valence-corrected chi connectivity index (χ3v) is 8.14. The highest BCUT2D eigenvalue weighted by Crippen LogP contribution is 2.50. The van der Waals surface area contributed by atoms with Crippen LogP contribution in [0.3, 0.4) is 0 Å². The van der Waals surface area contributed by atoms with Crippen molar-refractivity contribution in [3.63, 3.8) is 0 Å². The minimum atomic E-state index is -0.231. The van der Waals surface area contributed by atoms with Gasteiger partial charge in [0.2, 0.25) is 0 Å². The van der Waals surface area contributed by atoms with Crippen LogP contribution in [0, 0.1) is 5.92 Å². The summed E-state index contributed by atoms with van der Waals surface area (Å²) in [4.78, 5) is 15.3. The van der Waals surface area contributed by atoms with Crippen LogP contribution >= 0.6 is 0 Å². The molecule has 3 aromatic rings. The van der Waals surface area contributed by atoms with Crippen molar-refractivity contribution in [3.8, 4) is 17.2 Å². The Morgan fingerprint density at radius 3 is 2.72 bits per heavy atom. The van der Waals surface area contributed by atoms with Gasteiger partial charge >= 0.3 is 6.03 Å². The van der Waals surface area contributed by atoms with Crippen molar-refractivity contribution in [3.05, 3.63) is 83.9 Å². The van der Waals surface area contributed by atoms with Crippen molar-refractivity contribution >= 4 is 11.7 Å². The number of carbonyl (C=O) groups is 1. The number of nitrogens with zero attached hydrogens (tertiary/aromatic N) is 1. The van der Waals surface area contributed by atoms with Gasteiger partial charge in [-0.15, -0.1) is 0 Å². The van der Waals surface area contributed by atoms with Gasteiger partial charge in [-0.2, -0.15) is 0 Å². The SMILES string of the molecule is C[C@H]1C2Cc3ccc(O)cc3[C@@]1(CCNC(=O)Nc1cccc(Oc3ccccc3)c1)CCCN2C. The number of rotatable bonds is 6. The summed E-state index contributed by atoms with van der Waals surface area (Å²) >= 11 is 0. The van der Waals surface area contributed by atoms with Crippen molar-refractivity contribution in [2.75, 3.05) is 25.5 Å². The monoisotopic (exact) mass is 485 g/mol. The molecule has 3 atom stereocenters. The van der Waals surface area contributed by atoms with Gasteiger partial charge in [0.15, 0.2) is 0 Å². The zero-order chi connectivity index (χ0) is 25.1. The highest BCUT2D eigenvalue weighted by Gasteiger charge is 2.48. The number of para-hydroxylation sites is 1. The Hall–Kier alpha value is -3.51. The summed E-state index contributed by atoms with van der Waals surface area (Å²) in [5.41, 5.74) is 3.19. The molecule has 188 valence electrons. The molecular weight excluding hydrogens is 450 g/mol. The quantitative estimate of drug-likeness (QED) is 0.405. The topological polar surface area (TPSA) is 73.8 Å². The second-order valence-corrected chi connectivity index (χ2v) is 10.2. The van der Waals surface area contributed by atoms with Crippen LogP contribution in [0.2, 0.25) is 0 Å². The van der Waals surface area contributed by atoms with Crippen LogP contribution in [0.1, 0.15) is 37.3 Å². The van der Waals surface area contributed by atoms with Gasteiger partial charge in [-0.25, -0.2) is 4.79 Å². The number of carbonyl (C=O) groups excluding carboxylic acids is 1. The summed E-state index contributed by atoms with van der Waals surface area (Å²) in [6.07, 6.45) is 3.99. The maximum Gasteiger partial charge on any atom is 0.319 e. The van der Waals surface area contributed by atoms with E-state index in [0.29, 0.717) is 35.7 Å². The van der Waals surface area contributed by atoms with E-state index in [2.05, 4.69) is 35.6 Å². The van der Waals surface area contributed by atoms with E-state index in [-0.39, 0.29) is 11.4 Å². The molecule has 1 saturated heterocycles. The summed E-state index contributed by atoms with van der Waals surface area (Å²) < 4.78 is 5.88. The molecule has 2 bridgehead atoms. The van der Waals surface area contributed by atoms with E-state index in [1.165, 1.54) is 11.1 Å². The largest absolute Gasteiger partial charge is 0.508 e. The van der Waals surface area contributed by atoms with Gasteiger partial charge in [-0.05, 0) is 92.7 Å². The number of aromatic hydroxyl groups is 1. The molecule has 36 heavy (non-hydrogen) atoms. The summed E-state index contributed by atoms with van der Waals surface area (Å²) in [5, 5.41) is 16.3. The first-order chi connectivity index (χ1) is 17.4. The van der Waals surface area contributed by atoms with Gasteiger partial charge in [0, 0.05) is 29.8 Å². The fourth-order valence-electron chi connectivity index (χ4n) is 6.25. The van der Waals surface area contributed by atoms with Gasteiger partial charge in [-0.1, -0.05) is 37.3 Å². The first kappa shape index (κ1) is 24.2. The molecule has 0 saturated carbocycles. The number of anilines is 1. The molecule has 1 aliphatic heterocycles. The fourth-order valence-corrected chi connectivity index (χ4v) is 6.25. The molecule has 1 unspecified atom stereocenters. The second-order valence-electron chi connectivity index (χ2n) is 10.2. The van der Waals surface area contributed by atoms with Crippen LogP contribution in [0.4, 0.5) is 10.5 Å². The van der Waals surface area contributed by atoms with E-state index in [1.807, 2.05) is 60.7 Å². The first-order valence-corrected chi connectivity index (χ1v) is 12.8. The number of likely N-dealkylation sites (N-methyl/N-ethyl adjacent to an activating group) is 1. The zero-order valence-electron chi connectivity index (χ0n) is 21.0. The van der Waals surface area contributed by atoms with Crippen molar-refractivity contribution in [2.45, 2.75) is 44.1 Å². The lowest BCUT2D eigenvalue weighted by Gasteiger charge is -2.48. The van der Waals surface area contributed by atoms with Crippen LogP contribution in [0.5, 0.6) is 17.2 Å². The smallest absolute Gasteiger partial charge is 0.319 e. The molecule has 0 radical (unpaired) electrons. The van der Waals surface area contributed by atoms with Crippen molar-refractivity contribution < 1.29 is 14.6 Å². The first-order valence-electron chi connectivity index (χ1n) is 12.8. The Morgan fingerprint density at radius 1 is 1.08 bits per heavy atom. The van der Waals surface area contributed by atoms with Crippen LogP contribution in [-0.2, 0) is 11.8 Å². The molecule has 1 aliphatic carbocycles. The summed E-state index contributed by atoms with van der Waals surface area (Å²) in [5.74, 6) is 2.16. The van der Waals surface area contributed by atoms with Crippen LogP contribution < -0.4 is 15.4 Å². The lowest BCUT2D eigenvalue weighted by molar-refractivity contribution is 0.128. The van der Waals surface area contributed by atoms with Gasteiger partial charge in [0.1, 0.15) is 17.2 Å². The number of hydrogen-bond acceptors (Lipinski definition) is 4. The lowest BCUT2D eigenvalue weighted by atomic mass is 9.59. The van der Waals surface area contributed by atoms with E-state index >= 15 is 0 Å². The normalized spacial score (nSPS) is 23.3. The molecule has 0 spiro atoms. The summed E-state index contributed by atoms with van der Waals surface area (Å²) in [7, 11) is 2.23. The predicted molar refractivity (Wildman–Crippen MR) is 143 cm³/mol. The van der Waals surface area contributed by atoms with E-state index in [0.717, 1.165) is 38.0 Å². The minimum Gasteiger partial charge on any atom is -0.508 e. The van der Waals surface area contributed by atoms with E-state index in [4.69, 9.17) is 4.74 Å². The summed E-state index contributed by atoms with van der Waals surface area (Å²) in [6.45, 7) is 3.98. The molecule has 1 heterocycles. The number of ether oxygens (including phenoxy) is 1. The highest BCUT2D eigenvalue weighted by molar-refractivity contribution is 5.89. The third kappa shape index (κ3) is 4.91. The number of nitrogens with one attached hydrogen (secondary N) is 2. The third-order valence-electron chi connectivity index (χ3n) is 8.14. The minimum absolute atomic E-state index is 0.0710. The van der Waals surface area contributed by atoms with Crippen LogP contribution in [0.15, 0.2) is 72.8 Å². The molecule has 3 aromatic carbocycles. The predicted octanol–water partition coefficient (Wildman–Crippen LogP) is 5.92. The Morgan fingerprint density at radius 2 is 1.89 bits per heavy atom. The van der Waals surface area contributed by atoms with Crippen molar-refractivity contribution in [1.29, 1.82) is 0 Å². The average molecular weight is 486 g/mol. The Kier molecular flexibility index (Phi) is 6.88. The van der Waals surface area contributed by atoms with E-state index < -0.39 is 0 Å². The molecular formula is C30H35N3O3. The number of likely N-dealkylation sites (tertiary alicyclic amines) is 1. The molecule has 3 N–H and O–H groups in total. The molecule has 1 fully saturated rings. The van der Waals surface area contributed by atoms with Crippen molar-refractivity contribution in [1.82, 2.24) is 10.2 Å². The standard InChI is InChI=1S/C30H35N3O3/c1-21-28-18-22-12-13-24(34)20-27(22)30(21,14-7-17-33(28)2)15-16-31-29(35)32-23-8-6-11-26(19-23)36-25-9-4-3-5-10-25/h3-6,8-13,19-21,28,34H,7,14-18H2,1-2H3,(H2,31,32,35)/t21-,28?,30+/m0/s1. The van der Waals surface area contributed by atoms with Crippen molar-refractivity contribution in [2.24, 2.45) is 5.92 Å². The number of fused-ring (bicyclic) bond motifs is 4. The Bertz CT molecular complexity index is 1220. The van der Waals surface area contributed by atoms with E-state index in [1.54, 1.807) is 6.07 Å². The number of phenols is 1. The Balaban J connectivity index is 1.26. The maximum absolute atomic E-state index is 12.8. The second kappa shape index (κ2) is 10.2. The van der Waals surface area contributed by atoms with Gasteiger partial charge in [0.05, 0.1) is 0 Å². The zero-order valence-corrected chi connectivity index (χ0v) is 21.0. The average Bonchev–Trinajstić information content (AvgIpc) is 2.94. The fraction of sp³-hybridized carbons (Fsp3) is 0.367. The molecule has 6 heteroatoms. The van der Waals surface area contributed by atoms with Crippen LogP contribution in [-0.4, -0.2) is 42.2 Å². The van der Waals surface area contributed by atoms with Gasteiger partial charge in [0.25, 0.3) is 0 Å². The van der Waals surface area contributed by atoms with Gasteiger partial charge in [-0.3, -0.25) is 0 Å². The number of urea groups is 1. The van der Waals surface area contributed by atoms with Crippen LogP contribution in [0.25, 0.3) is 0 Å². The number of hydrogen-bond donors (Lipinski definition) is 3. The molecule has 5 rings (SSSR count). The maximum atomic E-state index is 12.8. The molecule has 0 aromatic heterocycles. The van der Waals surface area contributed by atoms with Gasteiger partial charge < -0.3 is 25.4 Å². The molecule has 2 aliphatic rings. The molecule has 6 nitrogen and oxygen atoms in total. The lowest BCUT2D eigenvalue weighted by Crippen LogP contribution is -2.50.